The highest BCUT2D eigenvalue weighted by molar-refractivity contribution is 7.87. The Balaban J connectivity index is 1.20. The first-order chi connectivity index (χ1) is 30.9. The van der Waals surface area contributed by atoms with Crippen LogP contribution in [0, 0.1) is 6.92 Å². The molecule has 24 nitrogen and oxygen atoms in total. The number of benzene rings is 5. The normalized spacial score (nSPS) is 13.0. The molecule has 2 aromatic heterocycles. The maximum Gasteiger partial charge on any atom is 0.298 e. The van der Waals surface area contributed by atoms with E-state index in [2.05, 4.69) is 40.8 Å². The molecule has 7 rings (SSSR count). The molecular weight excluding hydrogens is 994 g/mol. The fourth-order valence-corrected chi connectivity index (χ4v) is 10.3. The second kappa shape index (κ2) is 18.1. The predicted molar refractivity (Wildman–Crippen MR) is 236 cm³/mol. The summed E-state index contributed by atoms with van der Waals surface area (Å²) in [7, 11) is -18.7. The second-order valence-electron chi connectivity index (χ2n) is 13.6. The monoisotopic (exact) mass is 1020 g/mol. The molecule has 0 aliphatic heterocycles. The van der Waals surface area contributed by atoms with E-state index in [0.717, 1.165) is 46.5 Å². The fraction of sp³-hybridized carbons (Fsp3) is 0.111. The summed E-state index contributed by atoms with van der Waals surface area (Å²) in [5.41, 5.74) is -0.890. The van der Waals surface area contributed by atoms with E-state index in [1.807, 2.05) is 0 Å². The number of nitrogens with one attached hydrogen (secondary N) is 1. The quantitative estimate of drug-likeness (QED) is 0.0320. The molecule has 0 saturated carbocycles. The highest BCUT2D eigenvalue weighted by Gasteiger charge is 2.24. The number of aromatic hydroxyl groups is 1. The Morgan fingerprint density at radius 1 is 0.712 bits per heavy atom. The number of aryl methyl sites for hydroxylation is 1. The second-order valence-corrected chi connectivity index (χ2v) is 20.7. The third kappa shape index (κ3) is 10.5. The number of H-pyrrole nitrogens is 1. The molecule has 0 aliphatic carbocycles. The van der Waals surface area contributed by atoms with Gasteiger partial charge >= 0.3 is 0 Å². The maximum absolute atomic E-state index is 13.0. The molecule has 6 N–H and O–H groups in total. The van der Waals surface area contributed by atoms with Crippen LogP contribution in [-0.4, -0.2) is 84.1 Å². The third-order valence-electron chi connectivity index (χ3n) is 9.05. The van der Waals surface area contributed by atoms with Crippen molar-refractivity contribution < 1.29 is 61.7 Å². The lowest BCUT2D eigenvalue weighted by Gasteiger charge is -2.11. The lowest BCUT2D eigenvalue weighted by atomic mass is 10.1. The van der Waals surface area contributed by atoms with Crippen molar-refractivity contribution in [2.24, 2.45) is 30.7 Å². The Morgan fingerprint density at radius 2 is 1.33 bits per heavy atom. The van der Waals surface area contributed by atoms with E-state index in [1.54, 1.807) is 6.92 Å². The van der Waals surface area contributed by atoms with Gasteiger partial charge < -0.3 is 9.84 Å². The SMILES string of the molecule is Cc1cc(N=Nc2ccc3c(S(=O)(=O)O)c(N=Nc4c[nH]n(-c5ccc(S(=O)(=O)O)cc5)c4=O)ccc3c2O)c(OCCCS(=O)(=O)O)cc1N=Nc1nc2ccc(Cl)c(S(=O)(=O)O)c2s1. The van der Waals surface area contributed by atoms with Crippen molar-refractivity contribution in [3.05, 3.63) is 99.9 Å². The summed E-state index contributed by atoms with van der Waals surface area (Å²) < 4.78 is 140. The van der Waals surface area contributed by atoms with E-state index in [0.29, 0.717) is 5.56 Å². The molecule has 0 saturated heterocycles. The number of aromatic nitrogens is 3. The van der Waals surface area contributed by atoms with Gasteiger partial charge in [0.2, 0.25) is 5.13 Å². The smallest absolute Gasteiger partial charge is 0.298 e. The number of rotatable bonds is 15. The number of thiazole rings is 1. The number of azo groups is 3. The van der Waals surface area contributed by atoms with Gasteiger partial charge in [-0.05, 0) is 79.6 Å². The molecule has 0 fully saturated rings. The highest BCUT2D eigenvalue weighted by atomic mass is 35.5. The van der Waals surface area contributed by atoms with E-state index < -0.39 is 77.9 Å². The molecule has 7 aromatic rings. The van der Waals surface area contributed by atoms with Crippen molar-refractivity contribution >= 4 is 118 Å². The van der Waals surface area contributed by atoms with E-state index in [-0.39, 0.29) is 78.4 Å². The van der Waals surface area contributed by atoms with Gasteiger partial charge in [0, 0.05) is 16.8 Å². The summed E-state index contributed by atoms with van der Waals surface area (Å²) >= 11 is 6.79. The zero-order valence-electron chi connectivity index (χ0n) is 32.9. The Bertz CT molecular complexity index is 3720. The van der Waals surface area contributed by atoms with E-state index in [9.17, 15) is 61.8 Å². The maximum atomic E-state index is 13.0. The number of ether oxygens (including phenoxy) is 1. The van der Waals surface area contributed by atoms with Crippen molar-refractivity contribution in [2.75, 3.05) is 12.4 Å². The first-order valence-electron chi connectivity index (χ1n) is 18.1. The van der Waals surface area contributed by atoms with Crippen molar-refractivity contribution in [3.8, 4) is 17.2 Å². The summed E-state index contributed by atoms with van der Waals surface area (Å²) in [6.45, 7) is 1.34. The number of phenolic OH excluding ortho intramolecular Hbond substituents is 1. The van der Waals surface area contributed by atoms with Gasteiger partial charge in [-0.1, -0.05) is 29.0 Å². The molecule has 0 bridgehead atoms. The number of halogens is 1. The van der Waals surface area contributed by atoms with Gasteiger partial charge in [0.1, 0.15) is 32.6 Å². The zero-order chi connectivity index (χ0) is 47.9. The van der Waals surface area contributed by atoms with Gasteiger partial charge in [0.15, 0.2) is 11.4 Å². The van der Waals surface area contributed by atoms with E-state index in [4.69, 9.17) is 16.3 Å². The zero-order valence-corrected chi connectivity index (χ0v) is 37.8. The molecule has 2 heterocycles. The fourth-order valence-electron chi connectivity index (χ4n) is 6.08. The third-order valence-corrected chi connectivity index (χ3v) is 14.1. The van der Waals surface area contributed by atoms with Gasteiger partial charge in [-0.15, -0.1) is 30.7 Å². The lowest BCUT2D eigenvalue weighted by molar-refractivity contribution is 0.317. The van der Waals surface area contributed by atoms with Crippen LogP contribution in [0.2, 0.25) is 5.02 Å². The highest BCUT2D eigenvalue weighted by Crippen LogP contribution is 2.44. The lowest BCUT2D eigenvalue weighted by Crippen LogP contribution is -2.14. The molecule has 0 unspecified atom stereocenters. The number of nitrogens with zero attached hydrogens (tertiary/aromatic N) is 8. The minimum absolute atomic E-state index is 0.0125. The molecule has 0 spiro atoms. The Morgan fingerprint density at radius 3 is 2.00 bits per heavy atom. The molecular formula is C36H28ClN9O15S5. The van der Waals surface area contributed by atoms with Crippen LogP contribution in [0.1, 0.15) is 12.0 Å². The van der Waals surface area contributed by atoms with E-state index >= 15 is 0 Å². The minimum atomic E-state index is -5.10. The summed E-state index contributed by atoms with van der Waals surface area (Å²) in [4.78, 5) is 15.5. The molecule has 0 radical (unpaired) electrons. The van der Waals surface area contributed by atoms with Crippen molar-refractivity contribution in [3.63, 3.8) is 0 Å². The summed E-state index contributed by atoms with van der Waals surface area (Å²) in [6, 6.07) is 14.7. The Labute approximate surface area is 380 Å². The van der Waals surface area contributed by atoms with Crippen LogP contribution in [0.5, 0.6) is 11.5 Å². The molecule has 344 valence electrons. The summed E-state index contributed by atoms with van der Waals surface area (Å²) in [5, 5.41) is 37.5. The minimum Gasteiger partial charge on any atom is -0.505 e. The number of hydrogen-bond acceptors (Lipinski definition) is 19. The molecule has 0 aliphatic rings. The largest absolute Gasteiger partial charge is 0.505 e. The van der Waals surface area contributed by atoms with Gasteiger partial charge in [-0.2, -0.15) is 33.7 Å². The number of hydrogen-bond donors (Lipinski definition) is 6. The van der Waals surface area contributed by atoms with Crippen molar-refractivity contribution in [1.82, 2.24) is 14.8 Å². The van der Waals surface area contributed by atoms with Crippen LogP contribution in [0.15, 0.2) is 129 Å². The van der Waals surface area contributed by atoms with Crippen LogP contribution in [0.4, 0.5) is 33.6 Å². The van der Waals surface area contributed by atoms with E-state index in [1.165, 1.54) is 48.5 Å². The number of fused-ring (bicyclic) bond motifs is 2. The van der Waals surface area contributed by atoms with Gasteiger partial charge in [-0.3, -0.25) is 28.1 Å². The van der Waals surface area contributed by atoms with Crippen LogP contribution in [-0.2, 0) is 40.5 Å². The standard InChI is InChI=1S/C36H28ClN9O15S5/c1-18-15-28(30(61-13-2-14-63(49,50)51)16-27(18)42-45-36-39-25-12-9-23(37)34(32(25)62-36)66(58,59)60)43-40-24-10-8-22-21(31(24)47)7-11-26(33(22)65(55,56)57)41-44-29-17-38-46(35(29)48)19-3-5-20(6-4-19)64(52,53)54/h3-12,15-17,38,47H,2,13-14H2,1H3,(H,49,50,51)(H,52,53,54)(H,55,56,57)(H,58,59,60). The summed E-state index contributed by atoms with van der Waals surface area (Å²) in [6.07, 6.45) is 0.954. The topological polar surface area (TPSA) is 372 Å². The first-order valence-corrected chi connectivity index (χ1v) is 25.2. The molecule has 66 heavy (non-hydrogen) atoms. The number of aromatic amines is 1. The average molecular weight is 1020 g/mol. The van der Waals surface area contributed by atoms with Crippen LogP contribution in [0.3, 0.4) is 0 Å². The Kier molecular flexibility index (Phi) is 13.0. The van der Waals surface area contributed by atoms with Crippen LogP contribution < -0.4 is 10.3 Å². The number of phenols is 1. The van der Waals surface area contributed by atoms with Crippen molar-refractivity contribution in [1.29, 1.82) is 0 Å². The van der Waals surface area contributed by atoms with Gasteiger partial charge in [-0.25, -0.2) is 9.67 Å². The molecule has 0 atom stereocenters. The molecule has 30 heteroatoms. The van der Waals surface area contributed by atoms with Crippen LogP contribution in [0.25, 0.3) is 26.7 Å². The molecule has 0 amide bonds. The molecule has 5 aromatic carbocycles. The summed E-state index contributed by atoms with van der Waals surface area (Å²) in [5.74, 6) is -1.28. The predicted octanol–water partition coefficient (Wildman–Crippen LogP) is 8.24. The van der Waals surface area contributed by atoms with Crippen molar-refractivity contribution in [2.45, 2.75) is 28.0 Å². The van der Waals surface area contributed by atoms with Gasteiger partial charge in [0.05, 0.1) is 50.1 Å². The average Bonchev–Trinajstić information content (AvgIpc) is 3.81. The van der Waals surface area contributed by atoms with Crippen LogP contribution >= 0.6 is 22.9 Å². The first kappa shape index (κ1) is 47.5. The Hall–Kier alpha value is -6.41. The van der Waals surface area contributed by atoms with Gasteiger partial charge in [0.25, 0.3) is 46.0 Å².